The van der Waals surface area contributed by atoms with E-state index in [9.17, 15) is 12.8 Å². The molecule has 0 amide bonds. The highest BCUT2D eigenvalue weighted by molar-refractivity contribution is 7.92. The number of fused-ring (bicyclic) bond motifs is 1. The third-order valence-electron chi connectivity index (χ3n) is 3.30. The number of ether oxygens (including phenoxy) is 1. The van der Waals surface area contributed by atoms with Crippen LogP contribution in [-0.2, 0) is 10.0 Å². The molecular weight excluding hydrogens is 331 g/mol. The second-order valence-electron chi connectivity index (χ2n) is 5.14. The molecule has 0 fully saturated rings. The molecule has 1 heterocycles. The molecule has 1 N–H and O–H groups in total. The zero-order valence-electron chi connectivity index (χ0n) is 12.6. The van der Waals surface area contributed by atoms with Gasteiger partial charge in [-0.25, -0.2) is 12.8 Å². The molecule has 0 aliphatic rings. The van der Waals surface area contributed by atoms with E-state index in [2.05, 4.69) is 9.71 Å². The summed E-state index contributed by atoms with van der Waals surface area (Å²) >= 11 is 0. The first kappa shape index (κ1) is 16.2. The summed E-state index contributed by atoms with van der Waals surface area (Å²) in [5, 5.41) is 0.847. The van der Waals surface area contributed by atoms with Crippen molar-refractivity contribution in [1.82, 2.24) is 4.98 Å². The second-order valence-corrected chi connectivity index (χ2v) is 6.98. The standard InChI is InChI=1S/C17H15FN2O3S/c18-14-5-7-16(8-6-14)23-9-10-24(21,22)20-15-11-13-3-1-2-4-17(13)19-12-15/h1-8,11-12,20H,9-10H2. The Morgan fingerprint density at radius 3 is 2.62 bits per heavy atom. The maximum Gasteiger partial charge on any atom is 0.236 e. The Bertz CT molecular complexity index is 943. The number of pyridine rings is 1. The van der Waals surface area contributed by atoms with Gasteiger partial charge in [0.25, 0.3) is 0 Å². The van der Waals surface area contributed by atoms with Gasteiger partial charge in [-0.1, -0.05) is 18.2 Å². The first-order chi connectivity index (χ1) is 11.5. The van der Waals surface area contributed by atoms with Crippen LogP contribution in [0.2, 0.25) is 0 Å². The van der Waals surface area contributed by atoms with Crippen molar-refractivity contribution in [3.63, 3.8) is 0 Å². The van der Waals surface area contributed by atoms with Crippen LogP contribution in [0, 0.1) is 5.82 Å². The molecule has 0 saturated carbocycles. The largest absolute Gasteiger partial charge is 0.492 e. The first-order valence-electron chi connectivity index (χ1n) is 7.25. The Hall–Kier alpha value is -2.67. The predicted octanol–water partition coefficient (Wildman–Crippen LogP) is 3.19. The van der Waals surface area contributed by atoms with Gasteiger partial charge in [-0.2, -0.15) is 0 Å². The maximum absolute atomic E-state index is 12.8. The maximum atomic E-state index is 12.8. The average molecular weight is 346 g/mol. The molecular formula is C17H15FN2O3S. The van der Waals surface area contributed by atoms with Gasteiger partial charge in [0.2, 0.25) is 10.0 Å². The summed E-state index contributed by atoms with van der Waals surface area (Å²) in [5.74, 6) is -0.184. The quantitative estimate of drug-likeness (QED) is 0.744. The third-order valence-corrected chi connectivity index (χ3v) is 4.55. The summed E-state index contributed by atoms with van der Waals surface area (Å²) in [6.45, 7) is -0.0397. The molecule has 0 bridgehead atoms. The summed E-state index contributed by atoms with van der Waals surface area (Å²) in [6, 6.07) is 14.6. The number of halogens is 1. The fourth-order valence-corrected chi connectivity index (χ4v) is 3.03. The van der Waals surface area contributed by atoms with Crippen LogP contribution in [-0.4, -0.2) is 25.8 Å². The van der Waals surface area contributed by atoms with E-state index >= 15 is 0 Å². The van der Waals surface area contributed by atoms with E-state index in [0.29, 0.717) is 11.4 Å². The van der Waals surface area contributed by atoms with E-state index in [-0.39, 0.29) is 18.2 Å². The van der Waals surface area contributed by atoms with Crippen LogP contribution in [0.4, 0.5) is 10.1 Å². The van der Waals surface area contributed by atoms with Crippen molar-refractivity contribution in [2.75, 3.05) is 17.1 Å². The molecule has 124 valence electrons. The van der Waals surface area contributed by atoms with Crippen LogP contribution < -0.4 is 9.46 Å². The van der Waals surface area contributed by atoms with Crippen LogP contribution in [0.1, 0.15) is 0 Å². The fraction of sp³-hybridized carbons (Fsp3) is 0.118. The van der Waals surface area contributed by atoms with Gasteiger partial charge < -0.3 is 4.74 Å². The van der Waals surface area contributed by atoms with E-state index in [0.717, 1.165) is 10.9 Å². The smallest absolute Gasteiger partial charge is 0.236 e. The molecule has 5 nitrogen and oxygen atoms in total. The highest BCUT2D eigenvalue weighted by atomic mass is 32.2. The zero-order valence-corrected chi connectivity index (χ0v) is 13.5. The van der Waals surface area contributed by atoms with Crippen molar-refractivity contribution in [1.29, 1.82) is 0 Å². The molecule has 7 heteroatoms. The minimum absolute atomic E-state index is 0.0397. The molecule has 1 aromatic heterocycles. The van der Waals surface area contributed by atoms with Gasteiger partial charge in [-0.3, -0.25) is 9.71 Å². The summed E-state index contributed by atoms with van der Waals surface area (Å²) in [6.07, 6.45) is 1.47. The number of hydrogen-bond acceptors (Lipinski definition) is 4. The molecule has 3 rings (SSSR count). The molecule has 0 unspecified atom stereocenters. The van der Waals surface area contributed by atoms with E-state index in [1.807, 2.05) is 24.3 Å². The molecule has 0 spiro atoms. The highest BCUT2D eigenvalue weighted by Gasteiger charge is 2.11. The lowest BCUT2D eigenvalue weighted by Crippen LogP contribution is -2.21. The van der Waals surface area contributed by atoms with Gasteiger partial charge in [0.15, 0.2) is 0 Å². The predicted molar refractivity (Wildman–Crippen MR) is 91.0 cm³/mol. The summed E-state index contributed by atoms with van der Waals surface area (Å²) in [7, 11) is -3.57. The third kappa shape index (κ3) is 4.20. The van der Waals surface area contributed by atoms with Gasteiger partial charge in [0.05, 0.1) is 17.4 Å². The van der Waals surface area contributed by atoms with E-state index < -0.39 is 10.0 Å². The fourth-order valence-electron chi connectivity index (χ4n) is 2.16. The van der Waals surface area contributed by atoms with Crippen LogP contribution in [0.3, 0.4) is 0 Å². The van der Waals surface area contributed by atoms with Gasteiger partial charge >= 0.3 is 0 Å². The normalized spacial score (nSPS) is 11.4. The minimum Gasteiger partial charge on any atom is -0.492 e. The number of nitrogens with one attached hydrogen (secondary N) is 1. The van der Waals surface area contributed by atoms with Crippen molar-refractivity contribution in [2.45, 2.75) is 0 Å². The lowest BCUT2D eigenvalue weighted by atomic mass is 10.2. The van der Waals surface area contributed by atoms with Crippen molar-refractivity contribution in [3.05, 3.63) is 66.6 Å². The second kappa shape index (κ2) is 6.84. The van der Waals surface area contributed by atoms with Crippen LogP contribution in [0.25, 0.3) is 10.9 Å². The van der Waals surface area contributed by atoms with Crippen LogP contribution in [0.15, 0.2) is 60.8 Å². The molecule has 0 saturated heterocycles. The Morgan fingerprint density at radius 1 is 1.08 bits per heavy atom. The Labute approximate surface area is 139 Å². The number of para-hydroxylation sites is 1. The molecule has 0 aliphatic heterocycles. The molecule has 24 heavy (non-hydrogen) atoms. The summed E-state index contributed by atoms with van der Waals surface area (Å²) in [5.41, 5.74) is 1.19. The molecule has 0 atom stereocenters. The van der Waals surface area contributed by atoms with Crippen molar-refractivity contribution < 1.29 is 17.5 Å². The monoisotopic (exact) mass is 346 g/mol. The Balaban J connectivity index is 1.61. The molecule has 0 aliphatic carbocycles. The Morgan fingerprint density at radius 2 is 1.83 bits per heavy atom. The number of benzene rings is 2. The number of nitrogens with zero attached hydrogens (tertiary/aromatic N) is 1. The zero-order chi connectivity index (χ0) is 17.0. The van der Waals surface area contributed by atoms with Crippen LogP contribution in [0.5, 0.6) is 5.75 Å². The van der Waals surface area contributed by atoms with Gasteiger partial charge in [0.1, 0.15) is 23.9 Å². The van der Waals surface area contributed by atoms with Gasteiger partial charge in [-0.05, 0) is 36.4 Å². The molecule has 0 radical (unpaired) electrons. The highest BCUT2D eigenvalue weighted by Crippen LogP contribution is 2.17. The lowest BCUT2D eigenvalue weighted by molar-refractivity contribution is 0.340. The number of aromatic nitrogens is 1. The van der Waals surface area contributed by atoms with Gasteiger partial charge in [0, 0.05) is 5.39 Å². The number of sulfonamides is 1. The van der Waals surface area contributed by atoms with Crippen molar-refractivity contribution in [3.8, 4) is 5.75 Å². The van der Waals surface area contributed by atoms with Crippen molar-refractivity contribution in [2.24, 2.45) is 0 Å². The van der Waals surface area contributed by atoms with Crippen LogP contribution >= 0.6 is 0 Å². The van der Waals surface area contributed by atoms with Crippen molar-refractivity contribution >= 4 is 26.6 Å². The minimum atomic E-state index is -3.57. The van der Waals surface area contributed by atoms with Gasteiger partial charge in [-0.15, -0.1) is 0 Å². The molecule has 3 aromatic rings. The first-order valence-corrected chi connectivity index (χ1v) is 8.91. The Kier molecular flexibility index (Phi) is 4.61. The average Bonchev–Trinajstić information content (AvgIpc) is 2.56. The SMILES string of the molecule is O=S(=O)(CCOc1ccc(F)cc1)Nc1cnc2ccccc2c1. The topological polar surface area (TPSA) is 68.3 Å². The van der Waals surface area contributed by atoms with E-state index in [4.69, 9.17) is 4.74 Å². The summed E-state index contributed by atoms with van der Waals surface area (Å²) in [4.78, 5) is 4.21. The number of hydrogen-bond donors (Lipinski definition) is 1. The summed E-state index contributed by atoms with van der Waals surface area (Å²) < 4.78 is 44.8. The van der Waals surface area contributed by atoms with E-state index in [1.54, 1.807) is 6.07 Å². The molecule has 2 aromatic carbocycles. The lowest BCUT2D eigenvalue weighted by Gasteiger charge is -2.10. The number of anilines is 1. The number of rotatable bonds is 6. The van der Waals surface area contributed by atoms with E-state index in [1.165, 1.54) is 30.5 Å².